The van der Waals surface area contributed by atoms with Crippen LogP contribution in [-0.4, -0.2) is 16.7 Å². The lowest BCUT2D eigenvalue weighted by molar-refractivity contribution is 0.470. The van der Waals surface area contributed by atoms with Gasteiger partial charge in [-0.15, -0.1) is 12.3 Å². The van der Waals surface area contributed by atoms with Crippen molar-refractivity contribution in [1.29, 1.82) is 0 Å². The minimum atomic E-state index is -2.91. The van der Waals surface area contributed by atoms with E-state index in [9.17, 15) is 9.46 Å². The Morgan fingerprint density at radius 2 is 2.18 bits per heavy atom. The van der Waals surface area contributed by atoms with Gasteiger partial charge in [0.05, 0.1) is 0 Å². The van der Waals surface area contributed by atoms with Crippen molar-refractivity contribution in [2.75, 3.05) is 6.16 Å². The van der Waals surface area contributed by atoms with Crippen LogP contribution in [0.3, 0.4) is 0 Å². The lowest BCUT2D eigenvalue weighted by atomic mass is 9.94. The predicted molar refractivity (Wildman–Crippen MR) is 45.6 cm³/mol. The minimum Gasteiger partial charge on any atom is -0.344 e. The van der Waals surface area contributed by atoms with Crippen LogP contribution in [0.4, 0.5) is 0 Å². The van der Waals surface area contributed by atoms with Gasteiger partial charge in [-0.1, -0.05) is 13.8 Å². The molecule has 2 nitrogen and oxygen atoms in total. The third-order valence-corrected chi connectivity index (χ3v) is 5.20. The van der Waals surface area contributed by atoms with Crippen LogP contribution in [0.2, 0.25) is 0 Å². The van der Waals surface area contributed by atoms with Crippen molar-refractivity contribution < 1.29 is 9.46 Å². The molecule has 1 heterocycles. The summed E-state index contributed by atoms with van der Waals surface area (Å²) in [6, 6.07) is 0. The monoisotopic (exact) mass is 172 g/mol. The molecule has 0 spiro atoms. The van der Waals surface area contributed by atoms with E-state index in [1.165, 1.54) is 0 Å². The number of rotatable bonds is 0. The van der Waals surface area contributed by atoms with Gasteiger partial charge in [0.2, 0.25) is 7.37 Å². The molecule has 62 valence electrons. The van der Waals surface area contributed by atoms with Gasteiger partial charge >= 0.3 is 0 Å². The van der Waals surface area contributed by atoms with Gasteiger partial charge in [0.25, 0.3) is 0 Å². The first-order valence-electron chi connectivity index (χ1n) is 3.76. The molecule has 3 heteroatoms. The molecule has 1 fully saturated rings. The highest BCUT2D eigenvalue weighted by atomic mass is 31.2. The van der Waals surface area contributed by atoms with Crippen LogP contribution in [0, 0.1) is 24.2 Å². The zero-order valence-corrected chi connectivity index (χ0v) is 7.71. The maximum absolute atomic E-state index is 11.4. The van der Waals surface area contributed by atoms with E-state index < -0.39 is 7.37 Å². The van der Waals surface area contributed by atoms with E-state index in [-0.39, 0.29) is 17.5 Å². The van der Waals surface area contributed by atoms with E-state index >= 15 is 0 Å². The van der Waals surface area contributed by atoms with Gasteiger partial charge < -0.3 is 4.89 Å². The van der Waals surface area contributed by atoms with Crippen molar-refractivity contribution in [2.45, 2.75) is 19.5 Å². The van der Waals surface area contributed by atoms with E-state index in [2.05, 4.69) is 5.92 Å². The van der Waals surface area contributed by atoms with Crippen molar-refractivity contribution in [2.24, 2.45) is 11.8 Å². The van der Waals surface area contributed by atoms with Gasteiger partial charge in [-0.2, -0.15) is 0 Å². The van der Waals surface area contributed by atoms with Crippen LogP contribution in [0.15, 0.2) is 0 Å². The number of hydrogen-bond donors (Lipinski definition) is 1. The van der Waals surface area contributed by atoms with Crippen molar-refractivity contribution in [3.8, 4) is 12.3 Å². The standard InChI is InChI=1S/C8H13O2P/c1-4-8-6(2)5-11(9,10)7(8)3/h1,6-8H,5H2,2-3H3,(H,9,10). The van der Waals surface area contributed by atoms with E-state index in [4.69, 9.17) is 6.42 Å². The predicted octanol–water partition coefficient (Wildman–Crippen LogP) is 1.54. The topological polar surface area (TPSA) is 37.3 Å². The Morgan fingerprint density at radius 1 is 1.64 bits per heavy atom. The second-order valence-corrected chi connectivity index (χ2v) is 6.04. The lowest BCUT2D eigenvalue weighted by Gasteiger charge is -2.12. The van der Waals surface area contributed by atoms with Gasteiger partial charge in [0, 0.05) is 17.7 Å². The maximum Gasteiger partial charge on any atom is 0.204 e. The van der Waals surface area contributed by atoms with Crippen LogP contribution >= 0.6 is 7.37 Å². The molecule has 1 aliphatic heterocycles. The van der Waals surface area contributed by atoms with Crippen molar-refractivity contribution in [1.82, 2.24) is 0 Å². The summed E-state index contributed by atoms with van der Waals surface area (Å²) in [7, 11) is -2.91. The summed E-state index contributed by atoms with van der Waals surface area (Å²) in [6.45, 7) is 3.71. The molecule has 1 N–H and O–H groups in total. The molecule has 11 heavy (non-hydrogen) atoms. The highest BCUT2D eigenvalue weighted by Crippen LogP contribution is 2.58. The minimum absolute atomic E-state index is 0.00849. The largest absolute Gasteiger partial charge is 0.344 e. The molecule has 1 saturated heterocycles. The number of hydrogen-bond acceptors (Lipinski definition) is 1. The van der Waals surface area contributed by atoms with Crippen molar-refractivity contribution in [3.63, 3.8) is 0 Å². The second-order valence-electron chi connectivity index (χ2n) is 3.35. The summed E-state index contributed by atoms with van der Waals surface area (Å²) >= 11 is 0. The SMILES string of the molecule is C#CC1C(C)CP(=O)(O)C1C. The van der Waals surface area contributed by atoms with Gasteiger partial charge in [0.15, 0.2) is 0 Å². The summed E-state index contributed by atoms with van der Waals surface area (Å²) in [5.41, 5.74) is -0.206. The molecule has 0 amide bonds. The van der Waals surface area contributed by atoms with E-state index in [0.717, 1.165) is 0 Å². The first kappa shape index (κ1) is 8.84. The Kier molecular flexibility index (Phi) is 2.14. The third-order valence-electron chi connectivity index (χ3n) is 2.51. The lowest BCUT2D eigenvalue weighted by Crippen LogP contribution is -2.12. The zero-order chi connectivity index (χ0) is 8.65. The van der Waals surface area contributed by atoms with Crippen LogP contribution < -0.4 is 0 Å². The van der Waals surface area contributed by atoms with Gasteiger partial charge in [-0.05, 0) is 5.92 Å². The molecule has 0 aromatic heterocycles. The molecule has 1 aliphatic rings. The van der Waals surface area contributed by atoms with Gasteiger partial charge in [-0.3, -0.25) is 4.57 Å². The Bertz CT molecular complexity index is 241. The highest BCUT2D eigenvalue weighted by molar-refractivity contribution is 7.59. The first-order chi connectivity index (χ1) is 4.99. The summed E-state index contributed by atoms with van der Waals surface area (Å²) in [5, 5.41) is 0. The summed E-state index contributed by atoms with van der Waals surface area (Å²) < 4.78 is 11.4. The van der Waals surface area contributed by atoms with E-state index in [0.29, 0.717) is 6.16 Å². The molecule has 0 saturated carbocycles. The second kappa shape index (κ2) is 2.66. The molecule has 0 aromatic rings. The Labute approximate surface area is 67.5 Å². The van der Waals surface area contributed by atoms with Gasteiger partial charge in [-0.25, -0.2) is 0 Å². The van der Waals surface area contributed by atoms with Crippen LogP contribution in [0.1, 0.15) is 13.8 Å². The highest BCUT2D eigenvalue weighted by Gasteiger charge is 2.44. The Hall–Kier alpha value is -0.250. The normalized spacial score (nSPS) is 50.5. The smallest absolute Gasteiger partial charge is 0.204 e. The van der Waals surface area contributed by atoms with E-state index in [1.807, 2.05) is 6.92 Å². The number of terminal acetylenes is 1. The van der Waals surface area contributed by atoms with E-state index in [1.54, 1.807) is 6.92 Å². The van der Waals surface area contributed by atoms with Gasteiger partial charge in [0.1, 0.15) is 0 Å². The fourth-order valence-corrected chi connectivity index (χ4v) is 3.99. The average Bonchev–Trinajstić information content (AvgIpc) is 2.04. The fraction of sp³-hybridized carbons (Fsp3) is 0.750. The van der Waals surface area contributed by atoms with Crippen LogP contribution in [0.25, 0.3) is 0 Å². The molecule has 4 unspecified atom stereocenters. The zero-order valence-electron chi connectivity index (χ0n) is 6.82. The van der Waals surface area contributed by atoms with Crippen LogP contribution in [-0.2, 0) is 4.57 Å². The summed E-state index contributed by atoms with van der Waals surface area (Å²) in [6.07, 6.45) is 5.65. The molecule has 0 aromatic carbocycles. The summed E-state index contributed by atoms with van der Waals surface area (Å²) in [4.78, 5) is 9.39. The van der Waals surface area contributed by atoms with Crippen molar-refractivity contribution >= 4 is 7.37 Å². The molecular weight excluding hydrogens is 159 g/mol. The Balaban J connectivity index is 2.90. The average molecular weight is 172 g/mol. The fourth-order valence-electron chi connectivity index (χ4n) is 1.72. The quantitative estimate of drug-likeness (QED) is 0.444. The summed E-state index contributed by atoms with van der Waals surface area (Å²) in [5.74, 6) is 2.78. The molecule has 0 aliphatic carbocycles. The first-order valence-corrected chi connectivity index (χ1v) is 5.68. The molecule has 1 rings (SSSR count). The molecule has 4 atom stereocenters. The maximum atomic E-state index is 11.4. The molecular formula is C8H13O2P. The van der Waals surface area contributed by atoms with Crippen molar-refractivity contribution in [3.05, 3.63) is 0 Å². The third kappa shape index (κ3) is 1.36. The Morgan fingerprint density at radius 3 is 2.36 bits per heavy atom. The molecule has 0 radical (unpaired) electrons. The molecule has 0 bridgehead atoms. The van der Waals surface area contributed by atoms with Crippen LogP contribution in [0.5, 0.6) is 0 Å².